The van der Waals surface area contributed by atoms with Crippen LogP contribution < -0.4 is 10.1 Å². The van der Waals surface area contributed by atoms with Crippen LogP contribution in [0.25, 0.3) is 0 Å². The third kappa shape index (κ3) is 4.72. The van der Waals surface area contributed by atoms with Gasteiger partial charge in [-0.2, -0.15) is 0 Å². The van der Waals surface area contributed by atoms with Crippen molar-refractivity contribution >= 4 is 0 Å². The second-order valence-corrected chi connectivity index (χ2v) is 5.54. The molecule has 1 N–H and O–H groups in total. The van der Waals surface area contributed by atoms with E-state index in [9.17, 15) is 0 Å². The Morgan fingerprint density at radius 1 is 1.35 bits per heavy atom. The molecule has 5 nitrogen and oxygen atoms in total. The van der Waals surface area contributed by atoms with E-state index in [1.165, 1.54) is 12.8 Å². The molecule has 1 aliphatic carbocycles. The van der Waals surface area contributed by atoms with E-state index in [1.807, 2.05) is 0 Å². The highest BCUT2D eigenvalue weighted by atomic mass is 16.5. The zero-order chi connectivity index (χ0) is 14.4. The number of rotatable bonds is 9. The van der Waals surface area contributed by atoms with Gasteiger partial charge in [0.05, 0.1) is 18.5 Å². The van der Waals surface area contributed by atoms with Crippen molar-refractivity contribution in [1.29, 1.82) is 0 Å². The molecule has 1 heterocycles. The lowest BCUT2D eigenvalue weighted by atomic mass is 10.2. The van der Waals surface area contributed by atoms with Gasteiger partial charge in [-0.15, -0.1) is 0 Å². The first-order chi connectivity index (χ1) is 9.70. The molecular formula is C15H25N3O2. The van der Waals surface area contributed by atoms with Gasteiger partial charge in [0.15, 0.2) is 5.75 Å². The number of ether oxygens (including phenoxy) is 2. The van der Waals surface area contributed by atoms with Gasteiger partial charge in [0.25, 0.3) is 0 Å². The van der Waals surface area contributed by atoms with E-state index in [1.54, 1.807) is 13.3 Å². The SMILES string of the molecule is COCCCOc1cnc(C(C)C)nc1CNC1CC1. The number of nitrogens with zero attached hydrogens (tertiary/aromatic N) is 2. The van der Waals surface area contributed by atoms with Gasteiger partial charge in [0.1, 0.15) is 5.82 Å². The summed E-state index contributed by atoms with van der Waals surface area (Å²) in [5.41, 5.74) is 0.966. The molecule has 1 saturated carbocycles. The van der Waals surface area contributed by atoms with Gasteiger partial charge in [0, 0.05) is 38.6 Å². The molecule has 0 saturated heterocycles. The summed E-state index contributed by atoms with van der Waals surface area (Å²) < 4.78 is 10.8. The average Bonchev–Trinajstić information content (AvgIpc) is 3.26. The van der Waals surface area contributed by atoms with Crippen LogP contribution in [0.1, 0.15) is 50.5 Å². The largest absolute Gasteiger partial charge is 0.490 e. The van der Waals surface area contributed by atoms with Crippen LogP contribution in [0.15, 0.2) is 6.20 Å². The molecule has 0 atom stereocenters. The molecule has 0 amide bonds. The first-order valence-corrected chi connectivity index (χ1v) is 7.41. The summed E-state index contributed by atoms with van der Waals surface area (Å²) in [6.45, 7) is 6.31. The smallest absolute Gasteiger partial charge is 0.160 e. The molecule has 112 valence electrons. The molecular weight excluding hydrogens is 254 g/mol. The molecule has 1 aliphatic rings. The maximum Gasteiger partial charge on any atom is 0.160 e. The number of nitrogens with one attached hydrogen (secondary N) is 1. The summed E-state index contributed by atoms with van der Waals surface area (Å²) in [6, 6.07) is 0.661. The van der Waals surface area contributed by atoms with Gasteiger partial charge >= 0.3 is 0 Å². The Morgan fingerprint density at radius 2 is 2.15 bits per heavy atom. The van der Waals surface area contributed by atoms with Crippen LogP contribution in [0, 0.1) is 0 Å². The summed E-state index contributed by atoms with van der Waals surface area (Å²) in [5, 5.41) is 3.49. The number of aromatic nitrogens is 2. The standard InChI is InChI=1S/C15H25N3O2/c1-11(2)15-17-10-14(20-8-4-7-19-3)13(18-15)9-16-12-5-6-12/h10-12,16H,4-9H2,1-3H3. The number of methoxy groups -OCH3 is 1. The lowest BCUT2D eigenvalue weighted by Crippen LogP contribution is -2.18. The van der Waals surface area contributed by atoms with Crippen LogP contribution >= 0.6 is 0 Å². The highest BCUT2D eigenvalue weighted by Crippen LogP contribution is 2.22. The maximum atomic E-state index is 5.78. The van der Waals surface area contributed by atoms with E-state index < -0.39 is 0 Å². The minimum Gasteiger partial charge on any atom is -0.490 e. The van der Waals surface area contributed by atoms with E-state index >= 15 is 0 Å². The van der Waals surface area contributed by atoms with Crippen LogP contribution in [0.4, 0.5) is 0 Å². The van der Waals surface area contributed by atoms with Gasteiger partial charge in [-0.1, -0.05) is 13.8 Å². The lowest BCUT2D eigenvalue weighted by Gasteiger charge is -2.13. The fraction of sp³-hybridized carbons (Fsp3) is 0.733. The Labute approximate surface area is 121 Å². The van der Waals surface area contributed by atoms with Crippen molar-refractivity contribution in [2.75, 3.05) is 20.3 Å². The molecule has 0 aromatic carbocycles. The van der Waals surface area contributed by atoms with Gasteiger partial charge in [-0.05, 0) is 12.8 Å². The molecule has 0 unspecified atom stereocenters. The van der Waals surface area contributed by atoms with Crippen LogP contribution in [-0.2, 0) is 11.3 Å². The van der Waals surface area contributed by atoms with Crippen molar-refractivity contribution in [2.24, 2.45) is 0 Å². The van der Waals surface area contributed by atoms with Gasteiger partial charge < -0.3 is 14.8 Å². The van der Waals surface area contributed by atoms with Gasteiger partial charge in [0.2, 0.25) is 0 Å². The molecule has 20 heavy (non-hydrogen) atoms. The van der Waals surface area contributed by atoms with E-state index in [0.29, 0.717) is 25.2 Å². The minimum absolute atomic E-state index is 0.331. The molecule has 0 aliphatic heterocycles. The van der Waals surface area contributed by atoms with E-state index in [4.69, 9.17) is 9.47 Å². The Kier molecular flexibility index (Phi) is 5.73. The Bertz CT molecular complexity index is 420. The highest BCUT2D eigenvalue weighted by Gasteiger charge is 2.21. The van der Waals surface area contributed by atoms with Crippen LogP contribution in [0.5, 0.6) is 5.75 Å². The van der Waals surface area contributed by atoms with Gasteiger partial charge in [-0.25, -0.2) is 9.97 Å². The molecule has 1 fully saturated rings. The predicted octanol–water partition coefficient (Wildman–Crippen LogP) is 2.27. The Balaban J connectivity index is 1.98. The molecule has 0 spiro atoms. The topological polar surface area (TPSA) is 56.3 Å². The normalized spacial score (nSPS) is 14.8. The number of hydrogen-bond donors (Lipinski definition) is 1. The number of hydrogen-bond acceptors (Lipinski definition) is 5. The van der Waals surface area contributed by atoms with E-state index in [-0.39, 0.29) is 0 Å². The van der Waals surface area contributed by atoms with Crippen LogP contribution in [0.3, 0.4) is 0 Å². The van der Waals surface area contributed by atoms with Crippen molar-refractivity contribution in [1.82, 2.24) is 15.3 Å². The third-order valence-electron chi connectivity index (χ3n) is 3.25. The molecule has 0 radical (unpaired) electrons. The average molecular weight is 279 g/mol. The van der Waals surface area contributed by atoms with E-state index in [0.717, 1.165) is 30.2 Å². The van der Waals surface area contributed by atoms with Crippen molar-refractivity contribution in [2.45, 2.75) is 51.6 Å². The van der Waals surface area contributed by atoms with E-state index in [2.05, 4.69) is 29.1 Å². The molecule has 5 heteroatoms. The molecule has 0 bridgehead atoms. The zero-order valence-electron chi connectivity index (χ0n) is 12.7. The van der Waals surface area contributed by atoms with Crippen molar-refractivity contribution in [3.63, 3.8) is 0 Å². The lowest BCUT2D eigenvalue weighted by molar-refractivity contribution is 0.171. The summed E-state index contributed by atoms with van der Waals surface area (Å²) >= 11 is 0. The predicted molar refractivity (Wildman–Crippen MR) is 78.0 cm³/mol. The highest BCUT2D eigenvalue weighted by molar-refractivity contribution is 5.25. The molecule has 2 rings (SSSR count). The zero-order valence-corrected chi connectivity index (χ0v) is 12.7. The monoisotopic (exact) mass is 279 g/mol. The minimum atomic E-state index is 0.331. The van der Waals surface area contributed by atoms with Crippen molar-refractivity contribution in [3.8, 4) is 5.75 Å². The summed E-state index contributed by atoms with van der Waals surface area (Å²) in [5.74, 6) is 2.00. The summed E-state index contributed by atoms with van der Waals surface area (Å²) in [4.78, 5) is 9.03. The molecule has 1 aromatic heterocycles. The van der Waals surface area contributed by atoms with Crippen molar-refractivity contribution in [3.05, 3.63) is 17.7 Å². The van der Waals surface area contributed by atoms with Crippen molar-refractivity contribution < 1.29 is 9.47 Å². The fourth-order valence-corrected chi connectivity index (χ4v) is 1.86. The van der Waals surface area contributed by atoms with Crippen LogP contribution in [0.2, 0.25) is 0 Å². The Morgan fingerprint density at radius 3 is 2.80 bits per heavy atom. The maximum absolute atomic E-state index is 5.78. The summed E-state index contributed by atoms with van der Waals surface area (Å²) in [7, 11) is 1.70. The quantitative estimate of drug-likeness (QED) is 0.703. The first-order valence-electron chi connectivity index (χ1n) is 7.41. The molecule has 1 aromatic rings. The van der Waals surface area contributed by atoms with Gasteiger partial charge in [-0.3, -0.25) is 0 Å². The second kappa shape index (κ2) is 7.55. The Hall–Kier alpha value is -1.20. The fourth-order valence-electron chi connectivity index (χ4n) is 1.86. The summed E-state index contributed by atoms with van der Waals surface area (Å²) in [6.07, 6.45) is 5.22. The first kappa shape index (κ1) is 15.2. The third-order valence-corrected chi connectivity index (χ3v) is 3.25. The van der Waals surface area contributed by atoms with Crippen LogP contribution in [-0.4, -0.2) is 36.3 Å². The second-order valence-electron chi connectivity index (χ2n) is 5.54.